The monoisotopic (exact) mass is 383 g/mol. The summed E-state index contributed by atoms with van der Waals surface area (Å²) in [5.74, 6) is 1.80. The van der Waals surface area contributed by atoms with E-state index in [1.165, 1.54) is 24.0 Å². The van der Waals surface area contributed by atoms with Gasteiger partial charge in [-0.2, -0.15) is 0 Å². The van der Waals surface area contributed by atoms with Crippen LogP contribution in [0.15, 0.2) is 47.7 Å². The smallest absolute Gasteiger partial charge is 0.191 e. The number of nitrogens with zero attached hydrogens (tertiary/aromatic N) is 3. The SMILES string of the molecule is CCNC(=NCc1ccn(C)c1)NCC(c1ccccc1OC)N1CCCC1. The average molecular weight is 384 g/mol. The Morgan fingerprint density at radius 2 is 1.96 bits per heavy atom. The Morgan fingerprint density at radius 3 is 2.64 bits per heavy atom. The van der Waals surface area contributed by atoms with Crippen molar-refractivity contribution in [3.63, 3.8) is 0 Å². The standard InChI is InChI=1S/C22H33N5O/c1-4-23-22(24-15-18-11-14-26(2)17-18)25-16-20(27-12-7-8-13-27)19-9-5-6-10-21(19)28-3/h5-6,9-11,14,17,20H,4,7-8,12-13,15-16H2,1-3H3,(H2,23,24,25). The number of para-hydroxylation sites is 1. The summed E-state index contributed by atoms with van der Waals surface area (Å²) in [5, 5.41) is 6.93. The maximum atomic E-state index is 5.65. The third-order valence-electron chi connectivity index (χ3n) is 5.20. The molecule has 6 heteroatoms. The van der Waals surface area contributed by atoms with Crippen LogP contribution in [0.1, 0.15) is 36.9 Å². The minimum Gasteiger partial charge on any atom is -0.496 e. The van der Waals surface area contributed by atoms with Gasteiger partial charge in [0.15, 0.2) is 5.96 Å². The van der Waals surface area contributed by atoms with Gasteiger partial charge in [-0.15, -0.1) is 0 Å². The van der Waals surface area contributed by atoms with Crippen molar-refractivity contribution in [2.24, 2.45) is 12.0 Å². The lowest BCUT2D eigenvalue weighted by atomic mass is 10.0. The van der Waals surface area contributed by atoms with Gasteiger partial charge in [0, 0.05) is 38.1 Å². The number of methoxy groups -OCH3 is 1. The van der Waals surface area contributed by atoms with E-state index in [1.54, 1.807) is 7.11 Å². The zero-order valence-electron chi connectivity index (χ0n) is 17.3. The Kier molecular flexibility index (Phi) is 7.37. The normalized spacial score (nSPS) is 16.2. The molecule has 0 amide bonds. The van der Waals surface area contributed by atoms with Crippen LogP contribution in [0.25, 0.3) is 0 Å². The van der Waals surface area contributed by atoms with Gasteiger partial charge < -0.3 is 19.9 Å². The first-order chi connectivity index (χ1) is 13.7. The number of hydrogen-bond donors (Lipinski definition) is 2. The van der Waals surface area contributed by atoms with Crippen LogP contribution in [-0.2, 0) is 13.6 Å². The van der Waals surface area contributed by atoms with E-state index in [1.807, 2.05) is 19.2 Å². The van der Waals surface area contributed by atoms with Crippen LogP contribution in [0.2, 0.25) is 0 Å². The number of aliphatic imine (C=N–C) groups is 1. The topological polar surface area (TPSA) is 53.8 Å². The van der Waals surface area contributed by atoms with Crippen LogP contribution in [0.5, 0.6) is 5.75 Å². The van der Waals surface area contributed by atoms with Gasteiger partial charge in [0.05, 0.1) is 19.7 Å². The lowest BCUT2D eigenvalue weighted by molar-refractivity contribution is 0.239. The van der Waals surface area contributed by atoms with Crippen molar-refractivity contribution in [3.05, 3.63) is 53.9 Å². The number of aryl methyl sites for hydroxylation is 1. The van der Waals surface area contributed by atoms with Gasteiger partial charge in [-0.3, -0.25) is 4.90 Å². The summed E-state index contributed by atoms with van der Waals surface area (Å²) in [7, 11) is 3.78. The molecule has 2 heterocycles. The van der Waals surface area contributed by atoms with Crippen LogP contribution in [0.4, 0.5) is 0 Å². The summed E-state index contributed by atoms with van der Waals surface area (Å²) < 4.78 is 7.70. The fourth-order valence-corrected chi connectivity index (χ4v) is 3.79. The Labute approximate surface area is 168 Å². The molecule has 28 heavy (non-hydrogen) atoms. The molecule has 1 fully saturated rings. The Morgan fingerprint density at radius 1 is 1.18 bits per heavy atom. The second-order valence-electron chi connectivity index (χ2n) is 7.26. The predicted octanol–water partition coefficient (Wildman–Crippen LogP) is 2.93. The van der Waals surface area contributed by atoms with E-state index in [9.17, 15) is 0 Å². The highest BCUT2D eigenvalue weighted by molar-refractivity contribution is 5.79. The molecule has 0 saturated carbocycles. The fraction of sp³-hybridized carbons (Fsp3) is 0.500. The maximum Gasteiger partial charge on any atom is 0.191 e. The first-order valence-electron chi connectivity index (χ1n) is 10.2. The second-order valence-corrected chi connectivity index (χ2v) is 7.26. The third kappa shape index (κ3) is 5.29. The molecule has 2 N–H and O–H groups in total. The molecule has 0 bridgehead atoms. The molecule has 0 aliphatic carbocycles. The second kappa shape index (κ2) is 10.2. The molecule has 0 spiro atoms. The minimum atomic E-state index is 0.263. The van der Waals surface area contributed by atoms with Gasteiger partial charge in [0.25, 0.3) is 0 Å². The molecule has 0 radical (unpaired) electrons. The highest BCUT2D eigenvalue weighted by Crippen LogP contribution is 2.31. The molecule has 2 aromatic rings. The van der Waals surface area contributed by atoms with Crippen molar-refractivity contribution in [1.82, 2.24) is 20.1 Å². The molecule has 1 saturated heterocycles. The first kappa shape index (κ1) is 20.3. The lowest BCUT2D eigenvalue weighted by Crippen LogP contribution is -2.42. The molecule has 6 nitrogen and oxygen atoms in total. The lowest BCUT2D eigenvalue weighted by Gasteiger charge is -2.30. The van der Waals surface area contributed by atoms with E-state index < -0.39 is 0 Å². The molecule has 3 rings (SSSR count). The summed E-state index contributed by atoms with van der Waals surface area (Å²) in [6, 6.07) is 10.7. The van der Waals surface area contributed by atoms with Gasteiger partial charge in [0.2, 0.25) is 0 Å². The zero-order chi connectivity index (χ0) is 19.8. The summed E-state index contributed by atoms with van der Waals surface area (Å²) in [6.45, 7) is 6.64. The number of benzene rings is 1. The fourth-order valence-electron chi connectivity index (χ4n) is 3.79. The highest BCUT2D eigenvalue weighted by atomic mass is 16.5. The Bertz CT molecular complexity index is 764. The minimum absolute atomic E-state index is 0.263. The molecule has 1 aromatic heterocycles. The van der Waals surface area contributed by atoms with Crippen LogP contribution in [-0.4, -0.2) is 48.7 Å². The molecule has 1 aliphatic heterocycles. The number of ether oxygens (including phenoxy) is 1. The van der Waals surface area contributed by atoms with Crippen LogP contribution in [0, 0.1) is 0 Å². The highest BCUT2D eigenvalue weighted by Gasteiger charge is 2.26. The molecule has 1 atom stereocenters. The van der Waals surface area contributed by atoms with E-state index in [-0.39, 0.29) is 6.04 Å². The summed E-state index contributed by atoms with van der Waals surface area (Å²) in [4.78, 5) is 7.31. The van der Waals surface area contributed by atoms with Crippen molar-refractivity contribution >= 4 is 5.96 Å². The predicted molar refractivity (Wildman–Crippen MR) is 115 cm³/mol. The van der Waals surface area contributed by atoms with Crippen molar-refractivity contribution < 1.29 is 4.74 Å². The van der Waals surface area contributed by atoms with Crippen LogP contribution >= 0.6 is 0 Å². The summed E-state index contributed by atoms with van der Waals surface area (Å²) >= 11 is 0. The van der Waals surface area contributed by atoms with Crippen molar-refractivity contribution in [2.45, 2.75) is 32.4 Å². The molecular formula is C22H33N5O. The van der Waals surface area contributed by atoms with E-state index in [0.29, 0.717) is 6.54 Å². The molecular weight excluding hydrogens is 350 g/mol. The number of likely N-dealkylation sites (tertiary alicyclic amines) is 1. The number of rotatable bonds is 8. The van der Waals surface area contributed by atoms with Gasteiger partial charge in [-0.05, 0) is 50.6 Å². The third-order valence-corrected chi connectivity index (χ3v) is 5.20. The summed E-state index contributed by atoms with van der Waals surface area (Å²) in [6.07, 6.45) is 6.67. The number of aromatic nitrogens is 1. The molecule has 1 unspecified atom stereocenters. The average Bonchev–Trinajstić information content (AvgIpc) is 3.38. The maximum absolute atomic E-state index is 5.65. The van der Waals surface area contributed by atoms with Crippen molar-refractivity contribution in [2.75, 3.05) is 33.3 Å². The number of nitrogens with one attached hydrogen (secondary N) is 2. The van der Waals surface area contributed by atoms with Crippen molar-refractivity contribution in [3.8, 4) is 5.75 Å². The first-order valence-corrected chi connectivity index (χ1v) is 10.2. The van der Waals surface area contributed by atoms with E-state index in [0.717, 1.165) is 37.9 Å². The largest absolute Gasteiger partial charge is 0.496 e. The van der Waals surface area contributed by atoms with Gasteiger partial charge in [-0.1, -0.05) is 18.2 Å². The molecule has 152 valence electrons. The van der Waals surface area contributed by atoms with Gasteiger partial charge >= 0.3 is 0 Å². The van der Waals surface area contributed by atoms with Crippen LogP contribution in [0.3, 0.4) is 0 Å². The Hall–Kier alpha value is -2.47. The van der Waals surface area contributed by atoms with Crippen LogP contribution < -0.4 is 15.4 Å². The van der Waals surface area contributed by atoms with E-state index in [4.69, 9.17) is 9.73 Å². The quantitative estimate of drug-likeness (QED) is 0.544. The zero-order valence-corrected chi connectivity index (χ0v) is 17.3. The number of guanidine groups is 1. The van der Waals surface area contributed by atoms with E-state index >= 15 is 0 Å². The van der Waals surface area contributed by atoms with Gasteiger partial charge in [0.1, 0.15) is 5.75 Å². The summed E-state index contributed by atoms with van der Waals surface area (Å²) in [5.41, 5.74) is 2.44. The van der Waals surface area contributed by atoms with Crippen molar-refractivity contribution in [1.29, 1.82) is 0 Å². The van der Waals surface area contributed by atoms with Gasteiger partial charge in [-0.25, -0.2) is 4.99 Å². The Balaban J connectivity index is 1.73. The van der Waals surface area contributed by atoms with E-state index in [2.05, 4.69) is 57.6 Å². The molecule has 1 aliphatic rings. The molecule has 1 aromatic carbocycles. The number of hydrogen-bond acceptors (Lipinski definition) is 3.